The van der Waals surface area contributed by atoms with Crippen LogP contribution in [-0.4, -0.2) is 14.3 Å². The number of thioether (sulfide) groups is 1. The van der Waals surface area contributed by atoms with E-state index in [-0.39, 0.29) is 10.1 Å². The van der Waals surface area contributed by atoms with E-state index in [4.69, 9.17) is 0 Å². The number of fused-ring (bicyclic) bond motifs is 1. The van der Waals surface area contributed by atoms with Gasteiger partial charge in [-0.3, -0.25) is 9.52 Å². The van der Waals surface area contributed by atoms with Crippen molar-refractivity contribution >= 4 is 61.2 Å². The van der Waals surface area contributed by atoms with Crippen molar-refractivity contribution in [3.8, 4) is 0 Å². The van der Waals surface area contributed by atoms with E-state index in [1.54, 1.807) is 29.6 Å². The Balaban J connectivity index is 1.35. The van der Waals surface area contributed by atoms with Crippen molar-refractivity contribution in [2.45, 2.75) is 14.4 Å². The second-order valence-corrected chi connectivity index (χ2v) is 12.1. The lowest BCUT2D eigenvalue weighted by molar-refractivity contribution is -0.115. The first-order valence-electron chi connectivity index (χ1n) is 11.2. The molecule has 4 aromatic carbocycles. The molecule has 0 bridgehead atoms. The third-order valence-electron chi connectivity index (χ3n) is 5.48. The maximum absolute atomic E-state index is 13.4. The lowest BCUT2D eigenvalue weighted by Crippen LogP contribution is -2.19. The van der Waals surface area contributed by atoms with Crippen LogP contribution in [0.15, 0.2) is 124 Å². The average molecular weight is 531 g/mol. The standard InChI is InChI=1S/C28H22N2O3S3/c31-28(29-24-13-12-20-7-4-5-10-22(20)19-24)27(21-8-2-1-3-9-21)35-25-16-14-23(15-17-25)30-36(32,33)26-11-6-18-34-26/h1-19,27,30H,(H,29,31). The van der Waals surface area contributed by atoms with Crippen LogP contribution >= 0.6 is 23.1 Å². The van der Waals surface area contributed by atoms with Crippen molar-refractivity contribution in [3.05, 3.63) is 120 Å². The van der Waals surface area contributed by atoms with Gasteiger partial charge in [-0.15, -0.1) is 23.1 Å². The number of amides is 1. The highest BCUT2D eigenvalue weighted by Crippen LogP contribution is 2.37. The molecular weight excluding hydrogens is 509 g/mol. The highest BCUT2D eigenvalue weighted by atomic mass is 32.2. The molecule has 5 rings (SSSR count). The summed E-state index contributed by atoms with van der Waals surface area (Å²) >= 11 is 2.57. The lowest BCUT2D eigenvalue weighted by Gasteiger charge is -2.18. The van der Waals surface area contributed by atoms with Crippen LogP contribution in [0.5, 0.6) is 0 Å². The summed E-state index contributed by atoms with van der Waals surface area (Å²) in [5.41, 5.74) is 2.08. The van der Waals surface area contributed by atoms with E-state index in [0.29, 0.717) is 5.69 Å². The molecule has 5 aromatic rings. The summed E-state index contributed by atoms with van der Waals surface area (Å²) < 4.78 is 27.8. The lowest BCUT2D eigenvalue weighted by atomic mass is 10.1. The third-order valence-corrected chi connectivity index (χ3v) is 9.52. The van der Waals surface area contributed by atoms with Gasteiger partial charge >= 0.3 is 0 Å². The molecule has 0 spiro atoms. The summed E-state index contributed by atoms with van der Waals surface area (Å²) in [7, 11) is -3.62. The number of anilines is 2. The minimum absolute atomic E-state index is 0.135. The Kier molecular flexibility index (Phi) is 7.09. The Labute approximate surface area is 218 Å². The van der Waals surface area contributed by atoms with Gasteiger partial charge in [0, 0.05) is 16.3 Å². The highest BCUT2D eigenvalue weighted by Gasteiger charge is 2.23. The molecular formula is C28H22N2O3S3. The van der Waals surface area contributed by atoms with Gasteiger partial charge in [0.05, 0.1) is 0 Å². The number of rotatable bonds is 8. The fourth-order valence-corrected chi connectivity index (χ4v) is 6.81. The molecule has 8 heteroatoms. The van der Waals surface area contributed by atoms with Gasteiger partial charge in [-0.2, -0.15) is 0 Å². The van der Waals surface area contributed by atoms with Gasteiger partial charge < -0.3 is 5.32 Å². The van der Waals surface area contributed by atoms with Gasteiger partial charge in [-0.05, 0) is 64.2 Å². The first-order valence-corrected chi connectivity index (χ1v) is 14.4. The number of thiophene rings is 1. The first-order chi connectivity index (χ1) is 17.5. The molecule has 0 aliphatic carbocycles. The number of carbonyl (C=O) groups is 1. The van der Waals surface area contributed by atoms with E-state index in [9.17, 15) is 13.2 Å². The Morgan fingerprint density at radius 1 is 0.750 bits per heavy atom. The van der Waals surface area contributed by atoms with Crippen molar-refractivity contribution in [3.63, 3.8) is 0 Å². The number of hydrogen-bond acceptors (Lipinski definition) is 5. The number of benzene rings is 4. The van der Waals surface area contributed by atoms with Crippen molar-refractivity contribution in [2.75, 3.05) is 10.0 Å². The van der Waals surface area contributed by atoms with Crippen molar-refractivity contribution in [1.82, 2.24) is 0 Å². The molecule has 1 atom stereocenters. The van der Waals surface area contributed by atoms with Crippen LogP contribution in [0.3, 0.4) is 0 Å². The zero-order valence-electron chi connectivity index (χ0n) is 19.0. The summed E-state index contributed by atoms with van der Waals surface area (Å²) in [5.74, 6) is -0.135. The van der Waals surface area contributed by atoms with Crippen molar-refractivity contribution < 1.29 is 13.2 Å². The smallest absolute Gasteiger partial charge is 0.271 e. The van der Waals surface area contributed by atoms with E-state index in [1.807, 2.05) is 84.9 Å². The number of sulfonamides is 1. The van der Waals surface area contributed by atoms with E-state index >= 15 is 0 Å². The molecule has 1 unspecified atom stereocenters. The third kappa shape index (κ3) is 5.62. The highest BCUT2D eigenvalue weighted by molar-refractivity contribution is 8.00. The predicted octanol–water partition coefficient (Wildman–Crippen LogP) is 7.17. The van der Waals surface area contributed by atoms with Gasteiger partial charge in [0.25, 0.3) is 10.0 Å². The van der Waals surface area contributed by atoms with Gasteiger partial charge in [0.1, 0.15) is 9.46 Å². The molecule has 0 radical (unpaired) electrons. The second kappa shape index (κ2) is 10.6. The number of nitrogens with one attached hydrogen (secondary N) is 2. The minimum Gasteiger partial charge on any atom is -0.325 e. The summed E-state index contributed by atoms with van der Waals surface area (Å²) in [6, 6.07) is 33.8. The van der Waals surface area contributed by atoms with Crippen LogP contribution in [0.4, 0.5) is 11.4 Å². The van der Waals surface area contributed by atoms with E-state index in [1.165, 1.54) is 11.8 Å². The zero-order chi connectivity index (χ0) is 25.0. The summed E-state index contributed by atoms with van der Waals surface area (Å²) in [5, 5.41) is 6.46. The Bertz CT molecular complexity index is 1580. The fourth-order valence-electron chi connectivity index (χ4n) is 3.74. The molecule has 180 valence electrons. The van der Waals surface area contributed by atoms with Crippen LogP contribution in [-0.2, 0) is 14.8 Å². The van der Waals surface area contributed by atoms with Crippen LogP contribution in [0.25, 0.3) is 10.8 Å². The number of hydrogen-bond donors (Lipinski definition) is 2. The van der Waals surface area contributed by atoms with Crippen molar-refractivity contribution in [2.24, 2.45) is 0 Å². The monoisotopic (exact) mass is 530 g/mol. The molecule has 5 nitrogen and oxygen atoms in total. The van der Waals surface area contributed by atoms with Crippen molar-refractivity contribution in [1.29, 1.82) is 0 Å². The topological polar surface area (TPSA) is 75.3 Å². The summed E-state index contributed by atoms with van der Waals surface area (Å²) in [6.45, 7) is 0. The molecule has 0 saturated heterocycles. The largest absolute Gasteiger partial charge is 0.325 e. The first kappa shape index (κ1) is 24.1. The van der Waals surface area contributed by atoms with Gasteiger partial charge in [0.2, 0.25) is 5.91 Å². The predicted molar refractivity (Wildman–Crippen MR) is 149 cm³/mol. The van der Waals surface area contributed by atoms with Crippen LogP contribution < -0.4 is 10.0 Å². The number of carbonyl (C=O) groups excluding carboxylic acids is 1. The molecule has 0 saturated carbocycles. The summed E-state index contributed by atoms with van der Waals surface area (Å²) in [6.07, 6.45) is 0. The Morgan fingerprint density at radius 3 is 2.17 bits per heavy atom. The van der Waals surface area contributed by atoms with E-state index in [0.717, 1.165) is 38.3 Å². The fraction of sp³-hybridized carbons (Fsp3) is 0.0357. The molecule has 1 heterocycles. The Morgan fingerprint density at radius 2 is 1.44 bits per heavy atom. The van der Waals surface area contributed by atoms with Gasteiger partial charge in [-0.1, -0.05) is 66.7 Å². The Hall–Kier alpha value is -3.59. The second-order valence-electron chi connectivity index (χ2n) is 8.02. The normalized spacial score (nSPS) is 12.2. The maximum Gasteiger partial charge on any atom is 0.271 e. The maximum atomic E-state index is 13.4. The zero-order valence-corrected chi connectivity index (χ0v) is 21.4. The SMILES string of the molecule is O=C(Nc1ccc2ccccc2c1)C(Sc1ccc(NS(=O)(=O)c2cccs2)cc1)c1ccccc1. The van der Waals surface area contributed by atoms with E-state index < -0.39 is 15.3 Å². The molecule has 36 heavy (non-hydrogen) atoms. The van der Waals surface area contributed by atoms with Crippen LogP contribution in [0.1, 0.15) is 10.8 Å². The molecule has 0 aliphatic heterocycles. The quantitative estimate of drug-likeness (QED) is 0.209. The summed E-state index contributed by atoms with van der Waals surface area (Å²) in [4.78, 5) is 14.3. The average Bonchev–Trinajstić information content (AvgIpc) is 3.45. The molecule has 1 aromatic heterocycles. The molecule has 2 N–H and O–H groups in total. The molecule has 1 amide bonds. The minimum atomic E-state index is -3.62. The van der Waals surface area contributed by atoms with Crippen LogP contribution in [0.2, 0.25) is 0 Å². The van der Waals surface area contributed by atoms with E-state index in [2.05, 4.69) is 10.0 Å². The molecule has 0 aliphatic rings. The van der Waals surface area contributed by atoms with Gasteiger partial charge in [0.15, 0.2) is 0 Å². The molecule has 0 fully saturated rings. The van der Waals surface area contributed by atoms with Crippen LogP contribution in [0, 0.1) is 0 Å². The van der Waals surface area contributed by atoms with Gasteiger partial charge in [-0.25, -0.2) is 8.42 Å².